The van der Waals surface area contributed by atoms with Gasteiger partial charge in [-0.1, -0.05) is 6.58 Å². The van der Waals surface area contributed by atoms with Crippen molar-refractivity contribution >= 4 is 23.0 Å². The molecule has 202 valence electrons. The van der Waals surface area contributed by atoms with Crippen molar-refractivity contribution in [1.82, 2.24) is 25.1 Å². The second-order valence-electron chi connectivity index (χ2n) is 10.5. The Labute approximate surface area is 221 Å². The lowest BCUT2D eigenvalue weighted by Crippen LogP contribution is -2.36. The molecule has 6 rings (SSSR count). The normalized spacial score (nSPS) is 20.0. The summed E-state index contributed by atoms with van der Waals surface area (Å²) in [6, 6.07) is 3.85. The van der Waals surface area contributed by atoms with Crippen molar-refractivity contribution in [2.45, 2.75) is 51.1 Å². The van der Waals surface area contributed by atoms with Gasteiger partial charge in [0, 0.05) is 75.0 Å². The van der Waals surface area contributed by atoms with Crippen LogP contribution < -0.4 is 10.3 Å². The third-order valence-corrected chi connectivity index (χ3v) is 8.16. The molecule has 1 aromatic carbocycles. The number of aromatic nitrogens is 2. The molecule has 0 saturated carbocycles. The minimum absolute atomic E-state index is 0.0418. The third-order valence-electron chi connectivity index (χ3n) is 8.16. The third kappa shape index (κ3) is 4.39. The molecule has 1 amide bonds. The number of carbonyl (C=O) groups excluding carboxylic acids is 1. The van der Waals surface area contributed by atoms with Crippen LogP contribution in [0.3, 0.4) is 0 Å². The van der Waals surface area contributed by atoms with Gasteiger partial charge in [-0.25, -0.2) is 14.2 Å². The maximum atomic E-state index is 14.4. The SMILES string of the molecule is C=CC(=O)N1CCc2c(c(N3CCCc4cc(C5=CN(C)NC5)c(C(F)F)cc43)nn2C2CCOCC2)C1. The summed E-state index contributed by atoms with van der Waals surface area (Å²) in [5.74, 6) is 0.677. The number of hydrogen-bond donors (Lipinski definition) is 1. The van der Waals surface area contributed by atoms with Crippen LogP contribution in [0.15, 0.2) is 31.0 Å². The second-order valence-corrected chi connectivity index (χ2v) is 10.5. The van der Waals surface area contributed by atoms with Crippen LogP contribution in [0.2, 0.25) is 0 Å². The first-order valence-electron chi connectivity index (χ1n) is 13.4. The van der Waals surface area contributed by atoms with Crippen molar-refractivity contribution < 1.29 is 18.3 Å². The first kappa shape index (κ1) is 25.1. The van der Waals surface area contributed by atoms with E-state index >= 15 is 0 Å². The number of alkyl halides is 2. The summed E-state index contributed by atoms with van der Waals surface area (Å²) in [6.07, 6.45) is 4.83. The molecule has 0 atom stereocenters. The number of hydrogen-bond acceptors (Lipinski definition) is 6. The van der Waals surface area contributed by atoms with Crippen LogP contribution in [0.4, 0.5) is 20.3 Å². The molecule has 1 saturated heterocycles. The van der Waals surface area contributed by atoms with Crippen LogP contribution in [-0.2, 0) is 28.9 Å². The second kappa shape index (κ2) is 10.1. The number of fused-ring (bicyclic) bond motifs is 2. The summed E-state index contributed by atoms with van der Waals surface area (Å²) in [4.78, 5) is 16.4. The van der Waals surface area contributed by atoms with E-state index in [2.05, 4.69) is 21.6 Å². The summed E-state index contributed by atoms with van der Waals surface area (Å²) >= 11 is 0. The molecule has 0 aliphatic carbocycles. The van der Waals surface area contributed by atoms with E-state index in [0.717, 1.165) is 59.6 Å². The Balaban J connectivity index is 1.45. The first-order chi connectivity index (χ1) is 18.4. The van der Waals surface area contributed by atoms with Crippen molar-refractivity contribution in [2.24, 2.45) is 0 Å². The molecule has 4 aliphatic rings. The largest absolute Gasteiger partial charge is 0.381 e. The summed E-state index contributed by atoms with van der Waals surface area (Å²) in [5.41, 5.74) is 8.67. The molecular weight excluding hydrogens is 490 g/mol. The Hall–Kier alpha value is -3.24. The Bertz CT molecular complexity index is 1280. The van der Waals surface area contributed by atoms with Crippen LogP contribution >= 0.6 is 0 Å². The summed E-state index contributed by atoms with van der Waals surface area (Å²) in [6.45, 7) is 7.32. The van der Waals surface area contributed by atoms with E-state index in [9.17, 15) is 13.6 Å². The highest BCUT2D eigenvalue weighted by molar-refractivity contribution is 5.87. The molecule has 5 heterocycles. The topological polar surface area (TPSA) is 65.9 Å². The number of nitrogens with one attached hydrogen (secondary N) is 1. The molecule has 0 spiro atoms. The van der Waals surface area contributed by atoms with Gasteiger partial charge in [-0.2, -0.15) is 5.10 Å². The highest BCUT2D eigenvalue weighted by Gasteiger charge is 2.34. The smallest absolute Gasteiger partial charge is 0.264 e. The van der Waals surface area contributed by atoms with Gasteiger partial charge in [0.15, 0.2) is 5.82 Å². The highest BCUT2D eigenvalue weighted by atomic mass is 19.3. The lowest BCUT2D eigenvalue weighted by molar-refractivity contribution is -0.126. The van der Waals surface area contributed by atoms with Crippen molar-refractivity contribution in [3.63, 3.8) is 0 Å². The number of aryl methyl sites for hydroxylation is 1. The molecule has 0 bridgehead atoms. The van der Waals surface area contributed by atoms with Crippen molar-refractivity contribution in [2.75, 3.05) is 44.8 Å². The lowest BCUT2D eigenvalue weighted by atomic mass is 9.92. The van der Waals surface area contributed by atoms with Gasteiger partial charge in [0.1, 0.15) is 0 Å². The Morgan fingerprint density at radius 2 is 2.05 bits per heavy atom. The van der Waals surface area contributed by atoms with Crippen molar-refractivity contribution in [1.29, 1.82) is 0 Å². The van der Waals surface area contributed by atoms with E-state index in [4.69, 9.17) is 9.84 Å². The monoisotopic (exact) mass is 524 g/mol. The molecule has 38 heavy (non-hydrogen) atoms. The van der Waals surface area contributed by atoms with Gasteiger partial charge in [-0.05, 0) is 60.6 Å². The average Bonchev–Trinajstić information content (AvgIpc) is 3.55. The standard InChI is InChI=1S/C28H34F2N6O2/c1-3-26(37)34-10-6-24-23(17-34)28(32-36(24)20-7-11-38-12-8-20)35-9-4-5-18-13-21(19-15-31-33(2)16-19)22(27(29)30)14-25(18)35/h3,13-14,16,20,27,31H,1,4-12,15,17H2,2H3. The van der Waals surface area contributed by atoms with E-state index in [0.29, 0.717) is 51.4 Å². The fourth-order valence-corrected chi connectivity index (χ4v) is 6.22. The van der Waals surface area contributed by atoms with Gasteiger partial charge in [0.2, 0.25) is 5.91 Å². The van der Waals surface area contributed by atoms with Gasteiger partial charge >= 0.3 is 0 Å². The predicted octanol–water partition coefficient (Wildman–Crippen LogP) is 4.12. The van der Waals surface area contributed by atoms with E-state index in [-0.39, 0.29) is 17.5 Å². The predicted molar refractivity (Wildman–Crippen MR) is 141 cm³/mol. The molecule has 4 aliphatic heterocycles. The van der Waals surface area contributed by atoms with Gasteiger partial charge in [0.25, 0.3) is 6.43 Å². The van der Waals surface area contributed by atoms with Crippen LogP contribution in [0.5, 0.6) is 0 Å². The number of ether oxygens (including phenoxy) is 1. The molecule has 10 heteroatoms. The number of hydrazine groups is 1. The molecule has 1 aromatic heterocycles. The number of nitrogens with zero attached hydrogens (tertiary/aromatic N) is 5. The number of benzene rings is 1. The average molecular weight is 525 g/mol. The molecule has 2 aromatic rings. The number of rotatable bonds is 5. The molecule has 0 unspecified atom stereocenters. The van der Waals surface area contributed by atoms with Crippen LogP contribution in [0.1, 0.15) is 59.7 Å². The van der Waals surface area contributed by atoms with E-state index in [1.54, 1.807) is 11.0 Å². The molecule has 1 N–H and O–H groups in total. The zero-order valence-electron chi connectivity index (χ0n) is 21.8. The number of anilines is 2. The number of amides is 1. The number of halogens is 2. The van der Waals surface area contributed by atoms with Crippen molar-refractivity contribution in [3.05, 3.63) is 58.9 Å². The van der Waals surface area contributed by atoms with E-state index in [1.165, 1.54) is 6.08 Å². The van der Waals surface area contributed by atoms with Gasteiger partial charge < -0.3 is 19.5 Å². The Kier molecular flexibility index (Phi) is 6.69. The van der Waals surface area contributed by atoms with E-state index < -0.39 is 6.43 Å². The maximum absolute atomic E-state index is 14.4. The van der Waals surface area contributed by atoms with E-state index in [1.807, 2.05) is 24.3 Å². The zero-order valence-corrected chi connectivity index (χ0v) is 21.8. The van der Waals surface area contributed by atoms with Crippen LogP contribution in [-0.4, -0.2) is 65.5 Å². The summed E-state index contributed by atoms with van der Waals surface area (Å²) < 4.78 is 36.6. The molecular formula is C28H34F2N6O2. The van der Waals surface area contributed by atoms with Crippen molar-refractivity contribution in [3.8, 4) is 0 Å². The Morgan fingerprint density at radius 3 is 2.76 bits per heavy atom. The quantitative estimate of drug-likeness (QED) is 0.594. The van der Waals surface area contributed by atoms with Gasteiger partial charge in [-0.15, -0.1) is 0 Å². The fraction of sp³-hybridized carbons (Fsp3) is 0.500. The molecule has 8 nitrogen and oxygen atoms in total. The number of carbonyl (C=O) groups is 1. The highest BCUT2D eigenvalue weighted by Crippen LogP contribution is 2.43. The summed E-state index contributed by atoms with van der Waals surface area (Å²) in [5, 5.41) is 6.96. The minimum Gasteiger partial charge on any atom is -0.381 e. The molecule has 0 radical (unpaired) electrons. The molecule has 1 fully saturated rings. The summed E-state index contributed by atoms with van der Waals surface area (Å²) in [7, 11) is 1.87. The maximum Gasteiger partial charge on any atom is 0.264 e. The minimum atomic E-state index is -2.60. The van der Waals surface area contributed by atoms with Gasteiger partial charge in [0.05, 0.1) is 12.6 Å². The Morgan fingerprint density at radius 1 is 1.24 bits per heavy atom. The zero-order chi connectivity index (χ0) is 26.4. The van der Waals surface area contributed by atoms with Gasteiger partial charge in [-0.3, -0.25) is 9.48 Å². The fourth-order valence-electron chi connectivity index (χ4n) is 6.22. The van der Waals surface area contributed by atoms with Crippen LogP contribution in [0.25, 0.3) is 5.57 Å². The lowest BCUT2D eigenvalue weighted by Gasteiger charge is -2.33. The van der Waals surface area contributed by atoms with Crippen LogP contribution in [0, 0.1) is 0 Å². The first-order valence-corrected chi connectivity index (χ1v) is 13.4.